The van der Waals surface area contributed by atoms with Crippen LogP contribution in [0.1, 0.15) is 33.5 Å². The highest BCUT2D eigenvalue weighted by atomic mass is 16.5. The van der Waals surface area contributed by atoms with Crippen LogP contribution in [0.5, 0.6) is 5.75 Å². The van der Waals surface area contributed by atoms with Crippen molar-refractivity contribution < 1.29 is 9.53 Å². The Balaban J connectivity index is 1.73. The molecule has 5 heteroatoms. The molecule has 0 atom stereocenters. The fourth-order valence-electron chi connectivity index (χ4n) is 3.37. The van der Waals surface area contributed by atoms with Crippen molar-refractivity contribution in [2.45, 2.75) is 26.9 Å². The fourth-order valence-corrected chi connectivity index (χ4v) is 3.37. The number of amides is 1. The van der Waals surface area contributed by atoms with E-state index in [1.807, 2.05) is 43.0 Å². The second-order valence-electron chi connectivity index (χ2n) is 7.04. The second kappa shape index (κ2) is 8.32. The molecule has 3 rings (SSSR count). The number of rotatable bonds is 4. The first-order valence-corrected chi connectivity index (χ1v) is 9.15. The number of hydrogen-bond donors (Lipinski definition) is 0. The van der Waals surface area contributed by atoms with Gasteiger partial charge in [-0.1, -0.05) is 6.07 Å². The molecule has 0 saturated carbocycles. The first-order chi connectivity index (χ1) is 12.5. The van der Waals surface area contributed by atoms with Gasteiger partial charge in [0.15, 0.2) is 0 Å². The smallest absolute Gasteiger partial charge is 0.253 e. The van der Waals surface area contributed by atoms with Gasteiger partial charge in [-0.2, -0.15) is 0 Å². The van der Waals surface area contributed by atoms with Gasteiger partial charge in [-0.3, -0.25) is 9.78 Å². The van der Waals surface area contributed by atoms with Crippen molar-refractivity contribution in [3.8, 4) is 5.75 Å². The second-order valence-corrected chi connectivity index (χ2v) is 7.04. The predicted molar refractivity (Wildman–Crippen MR) is 103 cm³/mol. The molecule has 2 aromatic rings. The Morgan fingerprint density at radius 3 is 2.62 bits per heavy atom. The molecule has 0 aliphatic carbocycles. The number of aryl methyl sites for hydroxylation is 2. The average Bonchev–Trinajstić information content (AvgIpc) is 2.85. The quantitative estimate of drug-likeness (QED) is 0.847. The van der Waals surface area contributed by atoms with E-state index in [1.165, 1.54) is 0 Å². The summed E-state index contributed by atoms with van der Waals surface area (Å²) in [4.78, 5) is 21.3. The van der Waals surface area contributed by atoms with E-state index < -0.39 is 0 Å². The standard InChI is InChI=1S/C21H27N3O2/c1-16-12-19(21(25)24-9-5-8-23(3)10-11-24)13-17(2)20(16)26-15-18-6-4-7-22-14-18/h4,6-7,12-14H,5,8-11,15H2,1-3H3. The Bertz CT molecular complexity index is 738. The summed E-state index contributed by atoms with van der Waals surface area (Å²) in [5.41, 5.74) is 3.76. The number of nitrogens with zero attached hydrogens (tertiary/aromatic N) is 3. The number of hydrogen-bond acceptors (Lipinski definition) is 4. The van der Waals surface area contributed by atoms with Crippen molar-refractivity contribution in [2.24, 2.45) is 0 Å². The van der Waals surface area contributed by atoms with Crippen LogP contribution in [0.4, 0.5) is 0 Å². The molecular formula is C21H27N3O2. The van der Waals surface area contributed by atoms with Gasteiger partial charge in [-0.25, -0.2) is 0 Å². The number of carbonyl (C=O) groups is 1. The lowest BCUT2D eigenvalue weighted by Crippen LogP contribution is -2.34. The van der Waals surface area contributed by atoms with Crippen LogP contribution in [-0.2, 0) is 6.61 Å². The highest BCUT2D eigenvalue weighted by Crippen LogP contribution is 2.26. The largest absolute Gasteiger partial charge is 0.488 e. The zero-order valence-corrected chi connectivity index (χ0v) is 15.9. The number of ether oxygens (including phenoxy) is 1. The number of carbonyl (C=O) groups excluding carboxylic acids is 1. The molecule has 0 radical (unpaired) electrons. The normalized spacial score (nSPS) is 15.6. The molecule has 1 aromatic carbocycles. The number of benzene rings is 1. The van der Waals surface area contributed by atoms with Crippen LogP contribution in [-0.4, -0.2) is 53.9 Å². The molecule has 2 heterocycles. The van der Waals surface area contributed by atoms with Gasteiger partial charge < -0.3 is 14.5 Å². The van der Waals surface area contributed by atoms with E-state index >= 15 is 0 Å². The Morgan fingerprint density at radius 1 is 1.15 bits per heavy atom. The fraction of sp³-hybridized carbons (Fsp3) is 0.429. The van der Waals surface area contributed by atoms with Crippen molar-refractivity contribution in [3.05, 3.63) is 58.9 Å². The molecule has 1 amide bonds. The summed E-state index contributed by atoms with van der Waals surface area (Å²) in [6, 6.07) is 7.79. The molecule has 1 saturated heterocycles. The Kier molecular flexibility index (Phi) is 5.89. The zero-order chi connectivity index (χ0) is 18.5. The van der Waals surface area contributed by atoms with Crippen LogP contribution in [0, 0.1) is 13.8 Å². The molecule has 5 nitrogen and oxygen atoms in total. The highest BCUT2D eigenvalue weighted by molar-refractivity contribution is 5.95. The summed E-state index contributed by atoms with van der Waals surface area (Å²) in [5.74, 6) is 0.964. The Labute approximate surface area is 155 Å². The van der Waals surface area contributed by atoms with Gasteiger partial charge in [0.25, 0.3) is 5.91 Å². The third kappa shape index (κ3) is 4.41. The molecular weight excluding hydrogens is 326 g/mol. The minimum absolute atomic E-state index is 0.116. The number of aromatic nitrogens is 1. The third-order valence-corrected chi connectivity index (χ3v) is 4.82. The van der Waals surface area contributed by atoms with Crippen molar-refractivity contribution in [1.82, 2.24) is 14.8 Å². The molecule has 0 N–H and O–H groups in total. The van der Waals surface area contributed by atoms with Crippen LogP contribution in [0.25, 0.3) is 0 Å². The Hall–Kier alpha value is -2.40. The van der Waals surface area contributed by atoms with E-state index in [2.05, 4.69) is 16.9 Å². The van der Waals surface area contributed by atoms with E-state index in [4.69, 9.17) is 4.74 Å². The van der Waals surface area contributed by atoms with Crippen molar-refractivity contribution in [3.63, 3.8) is 0 Å². The average molecular weight is 353 g/mol. The van der Waals surface area contributed by atoms with E-state index in [9.17, 15) is 4.79 Å². The van der Waals surface area contributed by atoms with Crippen LogP contribution >= 0.6 is 0 Å². The van der Waals surface area contributed by atoms with E-state index in [-0.39, 0.29) is 5.91 Å². The zero-order valence-electron chi connectivity index (χ0n) is 15.9. The summed E-state index contributed by atoms with van der Waals surface area (Å²) < 4.78 is 6.00. The molecule has 0 bridgehead atoms. The van der Waals surface area contributed by atoms with E-state index in [1.54, 1.807) is 12.4 Å². The minimum atomic E-state index is 0.116. The lowest BCUT2D eigenvalue weighted by molar-refractivity contribution is 0.0762. The number of likely N-dealkylation sites (N-methyl/N-ethyl adjacent to an activating group) is 1. The maximum absolute atomic E-state index is 12.9. The maximum Gasteiger partial charge on any atom is 0.253 e. The van der Waals surface area contributed by atoms with Gasteiger partial charge in [-0.05, 0) is 63.2 Å². The molecule has 1 aliphatic rings. The van der Waals surface area contributed by atoms with Crippen LogP contribution in [0.15, 0.2) is 36.7 Å². The number of pyridine rings is 1. The Morgan fingerprint density at radius 2 is 1.92 bits per heavy atom. The molecule has 0 spiro atoms. The summed E-state index contributed by atoms with van der Waals surface area (Å²) >= 11 is 0. The van der Waals surface area contributed by atoms with Gasteiger partial charge >= 0.3 is 0 Å². The third-order valence-electron chi connectivity index (χ3n) is 4.82. The van der Waals surface area contributed by atoms with E-state index in [0.717, 1.165) is 60.6 Å². The molecule has 1 fully saturated rings. The van der Waals surface area contributed by atoms with E-state index in [0.29, 0.717) is 6.61 Å². The highest BCUT2D eigenvalue weighted by Gasteiger charge is 2.20. The van der Waals surface area contributed by atoms with Crippen LogP contribution in [0.3, 0.4) is 0 Å². The predicted octanol–water partition coefficient (Wildman–Crippen LogP) is 3.06. The lowest BCUT2D eigenvalue weighted by atomic mass is 10.0. The van der Waals surface area contributed by atoms with Gasteiger partial charge in [0, 0.05) is 43.2 Å². The molecule has 26 heavy (non-hydrogen) atoms. The summed E-state index contributed by atoms with van der Waals surface area (Å²) in [6.07, 6.45) is 4.58. The van der Waals surface area contributed by atoms with Crippen molar-refractivity contribution in [2.75, 3.05) is 33.2 Å². The maximum atomic E-state index is 12.9. The SMILES string of the molecule is Cc1cc(C(=O)N2CCCN(C)CC2)cc(C)c1OCc1cccnc1. The molecule has 1 aromatic heterocycles. The van der Waals surface area contributed by atoms with Crippen molar-refractivity contribution in [1.29, 1.82) is 0 Å². The van der Waals surface area contributed by atoms with Gasteiger partial charge in [-0.15, -0.1) is 0 Å². The van der Waals surface area contributed by atoms with Gasteiger partial charge in [0.1, 0.15) is 12.4 Å². The van der Waals surface area contributed by atoms with Gasteiger partial charge in [0.05, 0.1) is 0 Å². The van der Waals surface area contributed by atoms with Gasteiger partial charge in [0.2, 0.25) is 0 Å². The van der Waals surface area contributed by atoms with Crippen LogP contribution in [0.2, 0.25) is 0 Å². The monoisotopic (exact) mass is 353 g/mol. The minimum Gasteiger partial charge on any atom is -0.488 e. The summed E-state index contributed by atoms with van der Waals surface area (Å²) in [7, 11) is 2.11. The first kappa shape index (κ1) is 18.4. The van der Waals surface area contributed by atoms with Crippen molar-refractivity contribution >= 4 is 5.91 Å². The molecule has 138 valence electrons. The lowest BCUT2D eigenvalue weighted by Gasteiger charge is -2.22. The summed E-state index contributed by atoms with van der Waals surface area (Å²) in [6.45, 7) is 8.05. The molecule has 1 aliphatic heterocycles. The summed E-state index contributed by atoms with van der Waals surface area (Å²) in [5, 5.41) is 0. The molecule has 0 unspecified atom stereocenters. The van der Waals surface area contributed by atoms with Crippen LogP contribution < -0.4 is 4.74 Å². The topological polar surface area (TPSA) is 45.7 Å². The first-order valence-electron chi connectivity index (χ1n) is 9.15.